The van der Waals surface area contributed by atoms with Crippen molar-refractivity contribution in [3.8, 4) is 11.5 Å². The van der Waals surface area contributed by atoms with Crippen molar-refractivity contribution in [2.24, 2.45) is 0 Å². The number of para-hydroxylation sites is 1. The van der Waals surface area contributed by atoms with E-state index in [0.717, 1.165) is 17.6 Å². The maximum atomic E-state index is 10.8. The van der Waals surface area contributed by atoms with Crippen LogP contribution in [-0.4, -0.2) is 11.3 Å². The number of carbonyl (C=O) groups is 1. The molecule has 2 aromatic rings. The van der Waals surface area contributed by atoms with E-state index >= 15 is 0 Å². The van der Waals surface area contributed by atoms with Gasteiger partial charge in [0.1, 0.15) is 11.5 Å². The minimum absolute atomic E-state index is 0.450. The Kier molecular flexibility index (Phi) is 2.96. The van der Waals surface area contributed by atoms with Crippen molar-refractivity contribution >= 4 is 6.29 Å². The smallest absolute Gasteiger partial charge is 0.155 e. The maximum Gasteiger partial charge on any atom is 0.155 e. The summed E-state index contributed by atoms with van der Waals surface area (Å²) < 4.78 is 5.66. The van der Waals surface area contributed by atoms with E-state index < -0.39 is 0 Å². The van der Waals surface area contributed by atoms with E-state index in [-0.39, 0.29) is 0 Å². The van der Waals surface area contributed by atoms with Crippen molar-refractivity contribution in [2.75, 3.05) is 0 Å². The molecule has 0 radical (unpaired) electrons. The van der Waals surface area contributed by atoms with Gasteiger partial charge >= 0.3 is 0 Å². The normalized spacial score (nSPS) is 9.81. The third kappa shape index (κ3) is 2.08. The lowest BCUT2D eigenvalue weighted by molar-refractivity contribution is 0.112. The molecule has 1 aromatic carbocycles. The van der Waals surface area contributed by atoms with Crippen molar-refractivity contribution in [1.29, 1.82) is 0 Å². The van der Waals surface area contributed by atoms with Gasteiger partial charge in [-0.1, -0.05) is 18.2 Å². The first-order valence-corrected chi connectivity index (χ1v) is 4.94. The van der Waals surface area contributed by atoms with Crippen molar-refractivity contribution in [3.05, 3.63) is 53.9 Å². The second-order valence-corrected chi connectivity index (χ2v) is 3.40. The Morgan fingerprint density at radius 3 is 2.75 bits per heavy atom. The summed E-state index contributed by atoms with van der Waals surface area (Å²) in [7, 11) is 0. The molecule has 0 aliphatic heterocycles. The van der Waals surface area contributed by atoms with Crippen molar-refractivity contribution in [2.45, 2.75) is 6.92 Å². The van der Waals surface area contributed by atoms with Gasteiger partial charge in [-0.25, -0.2) is 0 Å². The zero-order valence-corrected chi connectivity index (χ0v) is 8.88. The average molecular weight is 213 g/mol. The third-order valence-corrected chi connectivity index (χ3v) is 2.25. The topological polar surface area (TPSA) is 39.2 Å². The predicted molar refractivity (Wildman–Crippen MR) is 60.9 cm³/mol. The fourth-order valence-corrected chi connectivity index (χ4v) is 1.36. The molecule has 2 rings (SSSR count). The highest BCUT2D eigenvalue weighted by atomic mass is 16.5. The van der Waals surface area contributed by atoms with Crippen molar-refractivity contribution in [3.63, 3.8) is 0 Å². The van der Waals surface area contributed by atoms with Crippen LogP contribution in [-0.2, 0) is 0 Å². The number of aromatic nitrogens is 1. The van der Waals surface area contributed by atoms with Gasteiger partial charge in [0.15, 0.2) is 6.29 Å². The lowest BCUT2D eigenvalue weighted by atomic mass is 10.2. The molecule has 0 amide bonds. The van der Waals surface area contributed by atoms with Crippen LogP contribution in [0.5, 0.6) is 11.5 Å². The number of aryl methyl sites for hydroxylation is 1. The SMILES string of the molecule is Cc1ccccc1Oc1ccncc1C=O. The number of rotatable bonds is 3. The molecule has 1 aromatic heterocycles. The summed E-state index contributed by atoms with van der Waals surface area (Å²) in [6.45, 7) is 1.96. The Bertz CT molecular complexity index is 509. The van der Waals surface area contributed by atoms with Crippen LogP contribution < -0.4 is 4.74 Å². The Labute approximate surface area is 93.7 Å². The molecular weight excluding hydrogens is 202 g/mol. The highest BCUT2D eigenvalue weighted by Gasteiger charge is 2.05. The number of benzene rings is 1. The molecular formula is C13H11NO2. The molecule has 3 heteroatoms. The van der Waals surface area contributed by atoms with Gasteiger partial charge in [0.25, 0.3) is 0 Å². The van der Waals surface area contributed by atoms with Gasteiger partial charge in [-0.05, 0) is 24.6 Å². The molecule has 0 bridgehead atoms. The number of carbonyl (C=O) groups excluding carboxylic acids is 1. The average Bonchev–Trinajstić information content (AvgIpc) is 2.33. The van der Waals surface area contributed by atoms with Crippen molar-refractivity contribution < 1.29 is 9.53 Å². The Hall–Kier alpha value is -2.16. The number of hydrogen-bond donors (Lipinski definition) is 0. The van der Waals surface area contributed by atoms with Gasteiger partial charge in [-0.3, -0.25) is 9.78 Å². The Balaban J connectivity index is 2.34. The first-order chi connectivity index (χ1) is 7.81. The monoisotopic (exact) mass is 213 g/mol. The van der Waals surface area contributed by atoms with Crippen LogP contribution in [0, 0.1) is 6.92 Å². The fraction of sp³-hybridized carbons (Fsp3) is 0.0769. The number of pyridine rings is 1. The van der Waals surface area contributed by atoms with Gasteiger partial charge in [-0.2, -0.15) is 0 Å². The van der Waals surface area contributed by atoms with Crippen LogP contribution in [0.2, 0.25) is 0 Å². The zero-order chi connectivity index (χ0) is 11.4. The van der Waals surface area contributed by atoms with Crippen LogP contribution in [0.1, 0.15) is 15.9 Å². The van der Waals surface area contributed by atoms with E-state index in [1.807, 2.05) is 31.2 Å². The molecule has 80 valence electrons. The summed E-state index contributed by atoms with van der Waals surface area (Å²) in [5.41, 5.74) is 1.47. The summed E-state index contributed by atoms with van der Waals surface area (Å²) in [5.74, 6) is 1.27. The highest BCUT2D eigenvalue weighted by Crippen LogP contribution is 2.25. The number of nitrogens with zero attached hydrogens (tertiary/aromatic N) is 1. The molecule has 0 atom stereocenters. The van der Waals surface area contributed by atoms with E-state index in [1.165, 1.54) is 6.20 Å². The summed E-state index contributed by atoms with van der Waals surface area (Å²) in [4.78, 5) is 14.7. The number of hydrogen-bond acceptors (Lipinski definition) is 3. The number of aldehydes is 1. The number of ether oxygens (including phenoxy) is 1. The first kappa shape index (κ1) is 10.4. The Morgan fingerprint density at radius 1 is 1.19 bits per heavy atom. The minimum atomic E-state index is 0.450. The van der Waals surface area contributed by atoms with Crippen LogP contribution in [0.4, 0.5) is 0 Å². The zero-order valence-electron chi connectivity index (χ0n) is 8.88. The summed E-state index contributed by atoms with van der Waals surface area (Å²) in [6.07, 6.45) is 3.82. The van der Waals surface area contributed by atoms with E-state index in [0.29, 0.717) is 11.3 Å². The molecule has 0 aliphatic rings. The summed E-state index contributed by atoms with van der Waals surface area (Å²) in [5, 5.41) is 0. The van der Waals surface area contributed by atoms with Crippen LogP contribution in [0.15, 0.2) is 42.7 Å². The van der Waals surface area contributed by atoms with E-state index in [2.05, 4.69) is 4.98 Å². The fourth-order valence-electron chi connectivity index (χ4n) is 1.36. The standard InChI is InChI=1S/C13H11NO2/c1-10-4-2-3-5-12(10)16-13-6-7-14-8-11(13)9-15/h2-9H,1H3. The Morgan fingerprint density at radius 2 is 2.00 bits per heavy atom. The molecule has 3 nitrogen and oxygen atoms in total. The first-order valence-electron chi connectivity index (χ1n) is 4.94. The molecule has 0 fully saturated rings. The van der Waals surface area contributed by atoms with Crippen LogP contribution >= 0.6 is 0 Å². The molecule has 0 spiro atoms. The highest BCUT2D eigenvalue weighted by molar-refractivity contribution is 5.78. The van der Waals surface area contributed by atoms with E-state index in [4.69, 9.17) is 4.74 Å². The molecule has 0 N–H and O–H groups in total. The van der Waals surface area contributed by atoms with Gasteiger partial charge in [0.2, 0.25) is 0 Å². The van der Waals surface area contributed by atoms with Crippen molar-refractivity contribution in [1.82, 2.24) is 4.98 Å². The maximum absolute atomic E-state index is 10.8. The molecule has 0 saturated carbocycles. The second-order valence-electron chi connectivity index (χ2n) is 3.40. The molecule has 16 heavy (non-hydrogen) atoms. The van der Waals surface area contributed by atoms with Gasteiger partial charge < -0.3 is 4.74 Å². The molecule has 0 saturated heterocycles. The van der Waals surface area contributed by atoms with Gasteiger partial charge in [0, 0.05) is 12.4 Å². The van der Waals surface area contributed by atoms with Crippen LogP contribution in [0.3, 0.4) is 0 Å². The molecule has 0 aliphatic carbocycles. The summed E-state index contributed by atoms with van der Waals surface area (Å²) in [6, 6.07) is 9.33. The van der Waals surface area contributed by atoms with E-state index in [9.17, 15) is 4.79 Å². The second kappa shape index (κ2) is 4.57. The molecule has 1 heterocycles. The van der Waals surface area contributed by atoms with E-state index in [1.54, 1.807) is 12.3 Å². The van der Waals surface area contributed by atoms with Crippen LogP contribution in [0.25, 0.3) is 0 Å². The lowest BCUT2D eigenvalue weighted by Crippen LogP contribution is -1.92. The third-order valence-electron chi connectivity index (χ3n) is 2.25. The van der Waals surface area contributed by atoms with Gasteiger partial charge in [-0.15, -0.1) is 0 Å². The largest absolute Gasteiger partial charge is 0.456 e. The molecule has 0 unspecified atom stereocenters. The lowest BCUT2D eigenvalue weighted by Gasteiger charge is -2.09. The predicted octanol–water partition coefficient (Wildman–Crippen LogP) is 2.99. The van der Waals surface area contributed by atoms with Gasteiger partial charge in [0.05, 0.1) is 5.56 Å². The summed E-state index contributed by atoms with van der Waals surface area (Å²) >= 11 is 0. The minimum Gasteiger partial charge on any atom is -0.456 e. The quantitative estimate of drug-likeness (QED) is 0.736.